The SMILES string of the molecule is CC(C)On1cc2c3cc(F)ccc3nc-2c2cc(F)c(N3CCN(C)CC3)cc21. The topological polar surface area (TPSA) is 33.5 Å². The monoisotopic (exact) mass is 410 g/mol. The van der Waals surface area contributed by atoms with Gasteiger partial charge in [-0.3, -0.25) is 0 Å². The van der Waals surface area contributed by atoms with E-state index in [0.29, 0.717) is 27.7 Å². The van der Waals surface area contributed by atoms with E-state index in [9.17, 15) is 4.39 Å². The molecule has 0 bridgehead atoms. The molecule has 2 aromatic rings. The van der Waals surface area contributed by atoms with Crippen molar-refractivity contribution in [2.45, 2.75) is 20.0 Å². The maximum absolute atomic E-state index is 15.2. The van der Waals surface area contributed by atoms with Crippen molar-refractivity contribution in [2.24, 2.45) is 0 Å². The van der Waals surface area contributed by atoms with E-state index in [0.717, 1.165) is 37.3 Å². The Kier molecular flexibility index (Phi) is 4.50. The van der Waals surface area contributed by atoms with Gasteiger partial charge in [-0.15, -0.1) is 0 Å². The van der Waals surface area contributed by atoms with Crippen LogP contribution in [0.25, 0.3) is 33.1 Å². The fourth-order valence-electron chi connectivity index (χ4n) is 4.18. The summed E-state index contributed by atoms with van der Waals surface area (Å²) in [4.78, 5) is 15.0. The van der Waals surface area contributed by atoms with Gasteiger partial charge < -0.3 is 14.6 Å². The third kappa shape index (κ3) is 3.13. The Morgan fingerprint density at radius 2 is 1.77 bits per heavy atom. The molecule has 7 heteroatoms. The van der Waals surface area contributed by atoms with Crippen LogP contribution >= 0.6 is 0 Å². The first-order valence-electron chi connectivity index (χ1n) is 10.2. The Morgan fingerprint density at radius 1 is 1.00 bits per heavy atom. The van der Waals surface area contributed by atoms with Gasteiger partial charge >= 0.3 is 0 Å². The summed E-state index contributed by atoms with van der Waals surface area (Å²) in [5.41, 5.74) is 3.38. The summed E-state index contributed by atoms with van der Waals surface area (Å²) in [5.74, 6) is -0.612. The fourth-order valence-corrected chi connectivity index (χ4v) is 4.18. The average Bonchev–Trinajstić information content (AvgIpc) is 3.06. The lowest BCUT2D eigenvalue weighted by molar-refractivity contribution is 0.0677. The van der Waals surface area contributed by atoms with Crippen molar-refractivity contribution in [3.8, 4) is 11.3 Å². The number of likely N-dealkylation sites (N-methyl/N-ethyl adjacent to an activating group) is 1. The highest BCUT2D eigenvalue weighted by Crippen LogP contribution is 2.39. The van der Waals surface area contributed by atoms with E-state index in [1.54, 1.807) is 10.8 Å². The molecule has 0 spiro atoms. The van der Waals surface area contributed by atoms with Crippen molar-refractivity contribution in [3.63, 3.8) is 0 Å². The molecule has 156 valence electrons. The second-order valence-electron chi connectivity index (χ2n) is 8.26. The first-order chi connectivity index (χ1) is 14.4. The van der Waals surface area contributed by atoms with Crippen LogP contribution < -0.4 is 9.74 Å². The predicted molar refractivity (Wildman–Crippen MR) is 115 cm³/mol. The zero-order valence-electron chi connectivity index (χ0n) is 17.3. The Labute approximate surface area is 173 Å². The molecule has 0 aliphatic carbocycles. The highest BCUT2D eigenvalue weighted by molar-refractivity contribution is 6.06. The quantitative estimate of drug-likeness (QED) is 0.508. The van der Waals surface area contributed by atoms with Gasteiger partial charge in [0.05, 0.1) is 28.6 Å². The van der Waals surface area contributed by atoms with Gasteiger partial charge in [0.1, 0.15) is 17.7 Å². The minimum atomic E-state index is -0.329. The first-order valence-corrected chi connectivity index (χ1v) is 10.2. The number of aromatic nitrogens is 2. The number of rotatable bonds is 3. The van der Waals surface area contributed by atoms with Gasteiger partial charge in [-0.25, -0.2) is 13.8 Å². The Balaban J connectivity index is 1.76. The zero-order valence-corrected chi connectivity index (χ0v) is 17.3. The van der Waals surface area contributed by atoms with Crippen molar-refractivity contribution >= 4 is 27.5 Å². The largest absolute Gasteiger partial charge is 0.411 e. The van der Waals surface area contributed by atoms with Crippen molar-refractivity contribution in [1.29, 1.82) is 0 Å². The van der Waals surface area contributed by atoms with Gasteiger partial charge in [0.25, 0.3) is 0 Å². The standard InChI is InChI=1S/C23H24F2N4O/c1-14(2)30-29-13-18-16-10-15(24)4-5-20(16)26-23(18)17-11-19(25)22(12-21(17)29)28-8-6-27(3)7-9-28/h4-5,10-14H,6-9H2,1-3H3. The Morgan fingerprint density at radius 3 is 2.50 bits per heavy atom. The number of pyridine rings is 1. The zero-order chi connectivity index (χ0) is 21.0. The molecule has 0 amide bonds. The minimum absolute atomic E-state index is 0.0845. The van der Waals surface area contributed by atoms with E-state index in [-0.39, 0.29) is 17.7 Å². The number of anilines is 1. The van der Waals surface area contributed by atoms with Crippen LogP contribution in [-0.2, 0) is 0 Å². The van der Waals surface area contributed by atoms with Crippen LogP contribution in [0.1, 0.15) is 13.8 Å². The number of benzene rings is 2. The summed E-state index contributed by atoms with van der Waals surface area (Å²) >= 11 is 0. The molecule has 5 nitrogen and oxygen atoms in total. The molecule has 5 rings (SSSR count). The lowest BCUT2D eigenvalue weighted by Gasteiger charge is -2.34. The highest BCUT2D eigenvalue weighted by atomic mass is 19.1. The van der Waals surface area contributed by atoms with Gasteiger partial charge in [-0.05, 0) is 51.2 Å². The molecule has 3 heterocycles. The number of halogens is 2. The molecule has 3 aliphatic heterocycles. The van der Waals surface area contributed by atoms with Gasteiger partial charge in [-0.2, -0.15) is 4.73 Å². The van der Waals surface area contributed by atoms with Crippen molar-refractivity contribution in [2.75, 3.05) is 38.1 Å². The van der Waals surface area contributed by atoms with E-state index in [1.165, 1.54) is 18.2 Å². The third-order valence-electron chi connectivity index (χ3n) is 5.71. The molecular weight excluding hydrogens is 386 g/mol. The van der Waals surface area contributed by atoms with Crippen LogP contribution in [0.2, 0.25) is 0 Å². The second kappa shape index (κ2) is 7.09. The second-order valence-corrected chi connectivity index (χ2v) is 8.26. The van der Waals surface area contributed by atoms with E-state index in [4.69, 9.17) is 4.84 Å². The lowest BCUT2D eigenvalue weighted by Crippen LogP contribution is -2.44. The third-order valence-corrected chi connectivity index (χ3v) is 5.71. The number of fused-ring (bicyclic) bond motifs is 5. The van der Waals surface area contributed by atoms with E-state index in [1.807, 2.05) is 26.1 Å². The molecule has 1 fully saturated rings. The summed E-state index contributed by atoms with van der Waals surface area (Å²) in [6, 6.07) is 7.89. The van der Waals surface area contributed by atoms with Crippen LogP contribution in [0.5, 0.6) is 0 Å². The van der Waals surface area contributed by atoms with Crippen LogP contribution in [0.15, 0.2) is 36.5 Å². The maximum Gasteiger partial charge on any atom is 0.147 e. The molecule has 3 aliphatic rings. The molecule has 0 atom stereocenters. The summed E-state index contributed by atoms with van der Waals surface area (Å²) in [6.45, 7) is 7.19. The number of piperazine rings is 1. The van der Waals surface area contributed by atoms with Gasteiger partial charge in [-0.1, -0.05) is 0 Å². The van der Waals surface area contributed by atoms with Crippen LogP contribution in [0.4, 0.5) is 14.5 Å². The van der Waals surface area contributed by atoms with Gasteiger partial charge in [0, 0.05) is 42.5 Å². The molecule has 1 saturated heterocycles. The van der Waals surface area contributed by atoms with Crippen LogP contribution in [-0.4, -0.2) is 53.9 Å². The predicted octanol–water partition coefficient (Wildman–Crippen LogP) is 4.16. The summed E-state index contributed by atoms with van der Waals surface area (Å²) < 4.78 is 30.8. The lowest BCUT2D eigenvalue weighted by atomic mass is 10.0. The average molecular weight is 410 g/mol. The first kappa shape index (κ1) is 19.1. The molecule has 0 saturated carbocycles. The van der Waals surface area contributed by atoms with Gasteiger partial charge in [0.15, 0.2) is 0 Å². The van der Waals surface area contributed by atoms with Crippen LogP contribution in [0.3, 0.4) is 0 Å². The fraction of sp³-hybridized carbons (Fsp3) is 0.348. The normalized spacial score (nSPS) is 15.7. The minimum Gasteiger partial charge on any atom is -0.411 e. The number of hydrogen-bond acceptors (Lipinski definition) is 4. The smallest absolute Gasteiger partial charge is 0.147 e. The molecular formula is C23H24F2N4O. The highest BCUT2D eigenvalue weighted by Gasteiger charge is 2.23. The molecule has 0 radical (unpaired) electrons. The molecule has 2 aromatic carbocycles. The van der Waals surface area contributed by atoms with Gasteiger partial charge in [0.2, 0.25) is 0 Å². The number of nitrogens with zero attached hydrogens (tertiary/aromatic N) is 4. The summed E-state index contributed by atoms with van der Waals surface area (Å²) in [5, 5.41) is 1.34. The molecule has 0 N–H and O–H groups in total. The van der Waals surface area contributed by atoms with Crippen LogP contribution in [0, 0.1) is 11.6 Å². The van der Waals surface area contributed by atoms with Crippen molar-refractivity contribution in [1.82, 2.24) is 14.6 Å². The summed E-state index contributed by atoms with van der Waals surface area (Å²) in [7, 11) is 2.07. The van der Waals surface area contributed by atoms with E-state index < -0.39 is 0 Å². The Hall–Kier alpha value is -2.93. The molecule has 0 unspecified atom stereocenters. The maximum atomic E-state index is 15.2. The molecule has 30 heavy (non-hydrogen) atoms. The molecule has 0 aromatic heterocycles. The van der Waals surface area contributed by atoms with Crippen molar-refractivity contribution in [3.05, 3.63) is 48.2 Å². The van der Waals surface area contributed by atoms with Crippen molar-refractivity contribution < 1.29 is 13.6 Å². The summed E-state index contributed by atoms with van der Waals surface area (Å²) in [6.07, 6.45) is 1.75. The van der Waals surface area contributed by atoms with E-state index >= 15 is 4.39 Å². The Bertz CT molecular complexity index is 1210. The number of hydrogen-bond donors (Lipinski definition) is 0. The van der Waals surface area contributed by atoms with E-state index in [2.05, 4.69) is 21.8 Å².